The van der Waals surface area contributed by atoms with Crippen molar-refractivity contribution in [3.8, 4) is 0 Å². The Morgan fingerprint density at radius 1 is 1.17 bits per heavy atom. The summed E-state index contributed by atoms with van der Waals surface area (Å²) in [5.41, 5.74) is -0.966. The van der Waals surface area contributed by atoms with Crippen molar-refractivity contribution in [2.24, 2.45) is 0 Å². The molecule has 0 amide bonds. The number of carboxylic acids is 1. The third-order valence-corrected chi connectivity index (χ3v) is 3.61. The largest absolute Gasteiger partial charge is 0.480 e. The Balaban J connectivity index is 2.84. The van der Waals surface area contributed by atoms with Crippen molar-refractivity contribution in [3.63, 3.8) is 0 Å². The molecule has 1 rings (SSSR count). The fourth-order valence-electron chi connectivity index (χ4n) is 2.30. The summed E-state index contributed by atoms with van der Waals surface area (Å²) in [5, 5.41) is 33.7. The fourth-order valence-corrected chi connectivity index (χ4v) is 2.30. The zero-order valence-corrected chi connectivity index (χ0v) is 13.4. The van der Waals surface area contributed by atoms with Gasteiger partial charge in [-0.2, -0.15) is 0 Å². The lowest BCUT2D eigenvalue weighted by atomic mass is 10.1. The maximum atomic E-state index is 11.3. The summed E-state index contributed by atoms with van der Waals surface area (Å²) in [6.07, 6.45) is 5.08. The molecule has 1 aromatic rings. The van der Waals surface area contributed by atoms with Crippen molar-refractivity contribution in [2.75, 3.05) is 5.32 Å². The highest BCUT2D eigenvalue weighted by atomic mass is 16.6. The number of benzene rings is 1. The third kappa shape index (κ3) is 5.82. The average Bonchev–Trinajstić information content (AvgIpc) is 2.53. The first-order valence-corrected chi connectivity index (χ1v) is 7.79. The van der Waals surface area contributed by atoms with Gasteiger partial charge in [0, 0.05) is 6.07 Å². The molecule has 9 heteroatoms. The van der Waals surface area contributed by atoms with Gasteiger partial charge in [0.2, 0.25) is 0 Å². The van der Waals surface area contributed by atoms with E-state index in [1.165, 1.54) is 6.07 Å². The second-order valence-corrected chi connectivity index (χ2v) is 5.45. The highest BCUT2D eigenvalue weighted by molar-refractivity contribution is 5.79. The number of aliphatic carboxylic acids is 1. The molecule has 0 aliphatic rings. The molecule has 0 aliphatic carbocycles. The highest BCUT2D eigenvalue weighted by Crippen LogP contribution is 2.30. The molecule has 0 radical (unpaired) electrons. The van der Waals surface area contributed by atoms with Gasteiger partial charge >= 0.3 is 5.97 Å². The van der Waals surface area contributed by atoms with Crippen LogP contribution in [0.5, 0.6) is 0 Å². The van der Waals surface area contributed by atoms with E-state index in [1.54, 1.807) is 0 Å². The topological polar surface area (TPSA) is 136 Å². The molecule has 0 bridgehead atoms. The first kappa shape index (κ1) is 19.3. The van der Waals surface area contributed by atoms with Crippen LogP contribution in [-0.2, 0) is 4.79 Å². The molecule has 2 N–H and O–H groups in total. The van der Waals surface area contributed by atoms with Gasteiger partial charge in [0.25, 0.3) is 11.4 Å². The molecule has 0 spiro atoms. The molecule has 132 valence electrons. The van der Waals surface area contributed by atoms with Crippen molar-refractivity contribution < 1.29 is 19.7 Å². The van der Waals surface area contributed by atoms with Gasteiger partial charge in [-0.3, -0.25) is 20.2 Å². The van der Waals surface area contributed by atoms with Crippen LogP contribution in [0.25, 0.3) is 0 Å². The van der Waals surface area contributed by atoms with E-state index in [0.717, 1.165) is 37.8 Å². The average molecular weight is 339 g/mol. The van der Waals surface area contributed by atoms with E-state index in [-0.39, 0.29) is 5.69 Å². The molecule has 1 aromatic carbocycles. The summed E-state index contributed by atoms with van der Waals surface area (Å²) in [7, 11) is 0. The van der Waals surface area contributed by atoms with Gasteiger partial charge < -0.3 is 10.4 Å². The summed E-state index contributed by atoms with van der Waals surface area (Å²) in [6, 6.07) is 2.12. The van der Waals surface area contributed by atoms with E-state index in [4.69, 9.17) is 0 Å². The van der Waals surface area contributed by atoms with E-state index in [9.17, 15) is 30.1 Å². The summed E-state index contributed by atoms with van der Waals surface area (Å²) in [5.74, 6) is -1.11. The third-order valence-electron chi connectivity index (χ3n) is 3.61. The first-order valence-electron chi connectivity index (χ1n) is 7.79. The molecule has 0 saturated heterocycles. The van der Waals surface area contributed by atoms with Gasteiger partial charge in [0.1, 0.15) is 11.7 Å². The second kappa shape index (κ2) is 9.43. The van der Waals surface area contributed by atoms with Gasteiger partial charge in [0.15, 0.2) is 0 Å². The molecule has 0 unspecified atom stereocenters. The Bertz CT molecular complexity index is 605. The number of carboxylic acid groups (broad SMARTS) is 1. The number of unbranched alkanes of at least 4 members (excludes halogenated alkanes) is 4. The summed E-state index contributed by atoms with van der Waals surface area (Å²) in [4.78, 5) is 31.6. The number of nitrogens with zero attached hydrogens (tertiary/aromatic N) is 2. The highest BCUT2D eigenvalue weighted by Gasteiger charge is 2.24. The molecular formula is C15H21N3O6. The number of nitro groups is 2. The van der Waals surface area contributed by atoms with E-state index in [0.29, 0.717) is 12.8 Å². The number of anilines is 1. The predicted octanol–water partition coefficient (Wildman–Crippen LogP) is 3.73. The van der Waals surface area contributed by atoms with Crippen LogP contribution in [0.4, 0.5) is 17.1 Å². The Morgan fingerprint density at radius 2 is 1.83 bits per heavy atom. The van der Waals surface area contributed by atoms with E-state index in [2.05, 4.69) is 12.2 Å². The number of nitrogens with one attached hydrogen (secondary N) is 1. The lowest BCUT2D eigenvalue weighted by molar-refractivity contribution is -0.393. The SMILES string of the molecule is CCCCCCC[C@@H](Nc1ccc([N+](=O)[O-])cc1[N+](=O)[O-])C(=O)O. The predicted molar refractivity (Wildman–Crippen MR) is 88.2 cm³/mol. The van der Waals surface area contributed by atoms with Crippen molar-refractivity contribution >= 4 is 23.0 Å². The lowest BCUT2D eigenvalue weighted by Gasteiger charge is -2.15. The summed E-state index contributed by atoms with van der Waals surface area (Å²) in [6.45, 7) is 2.08. The number of non-ortho nitro benzene ring substituents is 1. The van der Waals surface area contributed by atoms with Crippen molar-refractivity contribution in [2.45, 2.75) is 51.5 Å². The molecule has 1 atom stereocenters. The van der Waals surface area contributed by atoms with Crippen LogP contribution in [0.3, 0.4) is 0 Å². The number of hydrogen-bond donors (Lipinski definition) is 2. The van der Waals surface area contributed by atoms with Crippen molar-refractivity contribution in [3.05, 3.63) is 38.4 Å². The van der Waals surface area contributed by atoms with Crippen LogP contribution >= 0.6 is 0 Å². The van der Waals surface area contributed by atoms with Crippen molar-refractivity contribution in [1.82, 2.24) is 0 Å². The maximum Gasteiger partial charge on any atom is 0.326 e. The van der Waals surface area contributed by atoms with Crippen LogP contribution in [0.2, 0.25) is 0 Å². The molecule has 0 aromatic heterocycles. The molecule has 0 heterocycles. The van der Waals surface area contributed by atoms with E-state index >= 15 is 0 Å². The molecule has 0 fully saturated rings. The Hall–Kier alpha value is -2.71. The van der Waals surface area contributed by atoms with Gasteiger partial charge in [-0.1, -0.05) is 39.0 Å². The van der Waals surface area contributed by atoms with Crippen LogP contribution < -0.4 is 5.32 Å². The minimum absolute atomic E-state index is 0.0356. The van der Waals surface area contributed by atoms with Crippen LogP contribution in [0.15, 0.2) is 18.2 Å². The number of hydrogen-bond acceptors (Lipinski definition) is 6. The Morgan fingerprint density at radius 3 is 2.38 bits per heavy atom. The minimum Gasteiger partial charge on any atom is -0.480 e. The molecule has 0 saturated carbocycles. The van der Waals surface area contributed by atoms with Crippen LogP contribution in [0.1, 0.15) is 45.4 Å². The first-order chi connectivity index (χ1) is 11.4. The van der Waals surface area contributed by atoms with Crippen LogP contribution in [0, 0.1) is 20.2 Å². The minimum atomic E-state index is -1.11. The Labute approximate surface area is 139 Å². The maximum absolute atomic E-state index is 11.3. The van der Waals surface area contributed by atoms with E-state index < -0.39 is 33.2 Å². The van der Waals surface area contributed by atoms with Crippen LogP contribution in [-0.4, -0.2) is 27.0 Å². The fraction of sp³-hybridized carbons (Fsp3) is 0.533. The molecule has 24 heavy (non-hydrogen) atoms. The molecule has 9 nitrogen and oxygen atoms in total. The zero-order chi connectivity index (χ0) is 18.1. The normalized spacial score (nSPS) is 11.7. The molecular weight excluding hydrogens is 318 g/mol. The van der Waals surface area contributed by atoms with Gasteiger partial charge in [-0.05, 0) is 12.5 Å². The number of carbonyl (C=O) groups is 1. The second-order valence-electron chi connectivity index (χ2n) is 5.45. The Kier molecular flexibility index (Phi) is 7.60. The van der Waals surface area contributed by atoms with Gasteiger partial charge in [-0.25, -0.2) is 4.79 Å². The molecule has 0 aliphatic heterocycles. The van der Waals surface area contributed by atoms with Gasteiger partial charge in [-0.15, -0.1) is 0 Å². The zero-order valence-electron chi connectivity index (χ0n) is 13.4. The van der Waals surface area contributed by atoms with E-state index in [1.807, 2.05) is 0 Å². The quantitative estimate of drug-likeness (QED) is 0.356. The monoisotopic (exact) mass is 339 g/mol. The number of rotatable bonds is 11. The number of nitro benzene ring substituents is 2. The standard InChI is InChI=1S/C15H21N3O6/c1-2-3-4-5-6-7-13(15(19)20)16-12-9-8-11(17(21)22)10-14(12)18(23)24/h8-10,13,16H,2-7H2,1H3,(H,19,20)/t13-/m1/s1. The summed E-state index contributed by atoms with van der Waals surface area (Å²) >= 11 is 0. The lowest BCUT2D eigenvalue weighted by Crippen LogP contribution is -2.29. The van der Waals surface area contributed by atoms with Gasteiger partial charge in [0.05, 0.1) is 15.9 Å². The van der Waals surface area contributed by atoms with Crippen molar-refractivity contribution in [1.29, 1.82) is 0 Å². The summed E-state index contributed by atoms with van der Waals surface area (Å²) < 4.78 is 0. The smallest absolute Gasteiger partial charge is 0.326 e.